The van der Waals surface area contributed by atoms with E-state index >= 15 is 0 Å². The summed E-state index contributed by atoms with van der Waals surface area (Å²) in [5, 5.41) is 4.38. The van der Waals surface area contributed by atoms with Gasteiger partial charge in [0.2, 0.25) is 0 Å². The second kappa shape index (κ2) is 7.00. The standard InChI is InChI=1S/C18H19ClN4O2S/c1-10-20-17-16(26-10)12(9-23-7-11(8-23)25-2)15(22-17)18(24)21-14-6-4-3-5-13(14)19/h3-6,11,22H,7-9H2,1-2H3,(H,21,24). The fourth-order valence-electron chi connectivity index (χ4n) is 3.14. The van der Waals surface area contributed by atoms with E-state index < -0.39 is 0 Å². The lowest BCUT2D eigenvalue weighted by Gasteiger charge is -2.38. The van der Waals surface area contributed by atoms with Gasteiger partial charge in [-0.1, -0.05) is 23.7 Å². The summed E-state index contributed by atoms with van der Waals surface area (Å²) in [5.74, 6) is -0.209. The summed E-state index contributed by atoms with van der Waals surface area (Å²) in [7, 11) is 1.73. The maximum Gasteiger partial charge on any atom is 0.272 e. The SMILES string of the molecule is COC1CN(Cc2c(C(=O)Nc3ccccc3Cl)[nH]c3nc(C)sc23)C1. The number of halogens is 1. The molecule has 0 unspecified atom stereocenters. The van der Waals surface area contributed by atoms with Crippen molar-refractivity contribution in [3.05, 3.63) is 45.6 Å². The van der Waals surface area contributed by atoms with Crippen LogP contribution in [-0.2, 0) is 11.3 Å². The number of methoxy groups -OCH3 is 1. The first-order valence-electron chi connectivity index (χ1n) is 8.34. The lowest BCUT2D eigenvalue weighted by Crippen LogP contribution is -2.51. The minimum atomic E-state index is -0.209. The van der Waals surface area contributed by atoms with Gasteiger partial charge in [-0.2, -0.15) is 0 Å². The highest BCUT2D eigenvalue weighted by molar-refractivity contribution is 7.18. The van der Waals surface area contributed by atoms with Crippen molar-refractivity contribution in [1.29, 1.82) is 0 Å². The van der Waals surface area contributed by atoms with Gasteiger partial charge in [-0.3, -0.25) is 9.69 Å². The van der Waals surface area contributed by atoms with E-state index in [2.05, 4.69) is 20.2 Å². The molecule has 6 nitrogen and oxygen atoms in total. The van der Waals surface area contributed by atoms with Crippen LogP contribution in [0.2, 0.25) is 5.02 Å². The van der Waals surface area contributed by atoms with E-state index in [1.165, 1.54) is 0 Å². The summed E-state index contributed by atoms with van der Waals surface area (Å²) in [6.45, 7) is 4.39. The number of carbonyl (C=O) groups excluding carboxylic acids is 1. The number of ether oxygens (including phenoxy) is 1. The largest absolute Gasteiger partial charge is 0.379 e. The first-order valence-corrected chi connectivity index (χ1v) is 9.53. The molecule has 136 valence electrons. The van der Waals surface area contributed by atoms with Crippen molar-refractivity contribution in [2.45, 2.75) is 19.6 Å². The van der Waals surface area contributed by atoms with Crippen LogP contribution in [0.25, 0.3) is 10.3 Å². The number of thiazole rings is 1. The lowest BCUT2D eigenvalue weighted by atomic mass is 10.1. The van der Waals surface area contributed by atoms with Crippen molar-refractivity contribution in [3.8, 4) is 0 Å². The Kier molecular flexibility index (Phi) is 4.71. The van der Waals surface area contributed by atoms with E-state index in [1.807, 2.05) is 19.1 Å². The predicted molar refractivity (Wildman–Crippen MR) is 104 cm³/mol. The molecule has 3 heterocycles. The summed E-state index contributed by atoms with van der Waals surface area (Å²) >= 11 is 7.77. The topological polar surface area (TPSA) is 70.2 Å². The monoisotopic (exact) mass is 390 g/mol. The number of aromatic nitrogens is 2. The third-order valence-corrected chi connectivity index (χ3v) is 5.90. The number of anilines is 1. The van der Waals surface area contributed by atoms with Gasteiger partial charge in [0.1, 0.15) is 11.3 Å². The van der Waals surface area contributed by atoms with Crippen molar-refractivity contribution in [2.75, 3.05) is 25.5 Å². The number of aryl methyl sites for hydroxylation is 1. The molecular weight excluding hydrogens is 372 g/mol. The maximum absolute atomic E-state index is 12.9. The minimum Gasteiger partial charge on any atom is -0.379 e. The molecule has 4 rings (SSSR count). The molecule has 8 heteroatoms. The number of H-pyrrole nitrogens is 1. The fraction of sp³-hybridized carbons (Fsp3) is 0.333. The first-order chi connectivity index (χ1) is 12.5. The van der Waals surface area contributed by atoms with Gasteiger partial charge in [-0.05, 0) is 19.1 Å². The van der Waals surface area contributed by atoms with Gasteiger partial charge < -0.3 is 15.0 Å². The molecule has 3 aromatic rings. The summed E-state index contributed by atoms with van der Waals surface area (Å²) in [6.07, 6.45) is 0.271. The molecule has 1 aliphatic heterocycles. The molecule has 2 N–H and O–H groups in total. The van der Waals surface area contributed by atoms with Crippen LogP contribution in [0.1, 0.15) is 21.1 Å². The summed E-state index contributed by atoms with van der Waals surface area (Å²) in [5.41, 5.74) is 2.87. The molecule has 0 atom stereocenters. The molecule has 0 radical (unpaired) electrons. The molecule has 1 fully saturated rings. The van der Waals surface area contributed by atoms with Crippen LogP contribution in [0, 0.1) is 6.92 Å². The molecule has 2 aromatic heterocycles. The zero-order chi connectivity index (χ0) is 18.3. The van der Waals surface area contributed by atoms with E-state index in [0.29, 0.717) is 22.9 Å². The smallest absolute Gasteiger partial charge is 0.272 e. The average Bonchev–Trinajstić information content (AvgIpc) is 3.09. The molecule has 1 saturated heterocycles. The lowest BCUT2D eigenvalue weighted by molar-refractivity contribution is -0.0332. The number of para-hydroxylation sites is 1. The van der Waals surface area contributed by atoms with Crippen LogP contribution in [0.4, 0.5) is 5.69 Å². The van der Waals surface area contributed by atoms with E-state index in [9.17, 15) is 4.79 Å². The van der Waals surface area contributed by atoms with Crippen molar-refractivity contribution < 1.29 is 9.53 Å². The van der Waals surface area contributed by atoms with E-state index in [-0.39, 0.29) is 12.0 Å². The Morgan fingerprint density at radius 2 is 2.23 bits per heavy atom. The number of benzene rings is 1. The number of hydrogen-bond donors (Lipinski definition) is 2. The summed E-state index contributed by atoms with van der Waals surface area (Å²) in [4.78, 5) is 22.8. The first kappa shape index (κ1) is 17.5. The van der Waals surface area contributed by atoms with E-state index in [1.54, 1.807) is 30.6 Å². The van der Waals surface area contributed by atoms with E-state index in [4.69, 9.17) is 16.3 Å². The molecule has 0 aliphatic carbocycles. The van der Waals surface area contributed by atoms with Crippen molar-refractivity contribution in [3.63, 3.8) is 0 Å². The van der Waals surface area contributed by atoms with Crippen LogP contribution in [0.3, 0.4) is 0 Å². The Balaban J connectivity index is 1.63. The van der Waals surface area contributed by atoms with Crippen molar-refractivity contribution >= 4 is 44.9 Å². The zero-order valence-corrected chi connectivity index (χ0v) is 16.1. The molecule has 0 spiro atoms. The average molecular weight is 391 g/mol. The highest BCUT2D eigenvalue weighted by atomic mass is 35.5. The molecule has 1 aliphatic rings. The quantitative estimate of drug-likeness (QED) is 0.697. The minimum absolute atomic E-state index is 0.209. The van der Waals surface area contributed by atoms with E-state index in [0.717, 1.165) is 34.0 Å². The van der Waals surface area contributed by atoms with Crippen LogP contribution in [0.15, 0.2) is 24.3 Å². The number of likely N-dealkylation sites (tertiary alicyclic amines) is 1. The van der Waals surface area contributed by atoms with Crippen molar-refractivity contribution in [1.82, 2.24) is 14.9 Å². The number of fused-ring (bicyclic) bond motifs is 1. The van der Waals surface area contributed by atoms with Gasteiger partial charge in [0.05, 0.1) is 26.5 Å². The Hall–Kier alpha value is -1.93. The number of amides is 1. The van der Waals surface area contributed by atoms with Crippen LogP contribution in [-0.4, -0.2) is 47.1 Å². The highest BCUT2D eigenvalue weighted by Gasteiger charge is 2.30. The second-order valence-corrected chi connectivity index (χ2v) is 7.99. The number of nitrogens with one attached hydrogen (secondary N) is 2. The maximum atomic E-state index is 12.9. The van der Waals surface area contributed by atoms with Gasteiger partial charge >= 0.3 is 0 Å². The Labute approximate surface area is 160 Å². The van der Waals surface area contributed by atoms with Gasteiger partial charge in [0.15, 0.2) is 0 Å². The Morgan fingerprint density at radius 3 is 2.96 bits per heavy atom. The number of hydrogen-bond acceptors (Lipinski definition) is 5. The fourth-order valence-corrected chi connectivity index (χ4v) is 4.24. The number of rotatable bonds is 5. The Bertz CT molecular complexity index is 961. The molecule has 1 amide bonds. The Morgan fingerprint density at radius 1 is 1.46 bits per heavy atom. The van der Waals surface area contributed by atoms with Gasteiger partial charge in [0.25, 0.3) is 5.91 Å². The molecule has 1 aromatic carbocycles. The number of nitrogens with zero attached hydrogens (tertiary/aromatic N) is 2. The highest BCUT2D eigenvalue weighted by Crippen LogP contribution is 2.31. The number of aromatic amines is 1. The van der Waals surface area contributed by atoms with Crippen LogP contribution >= 0.6 is 22.9 Å². The van der Waals surface area contributed by atoms with Crippen LogP contribution in [0.5, 0.6) is 0 Å². The second-order valence-electron chi connectivity index (χ2n) is 6.37. The molecule has 0 bridgehead atoms. The normalized spacial score (nSPS) is 15.3. The number of carbonyl (C=O) groups is 1. The third-order valence-electron chi connectivity index (χ3n) is 4.54. The van der Waals surface area contributed by atoms with Gasteiger partial charge in [-0.25, -0.2) is 4.98 Å². The molecule has 0 saturated carbocycles. The summed E-state index contributed by atoms with van der Waals surface area (Å²) < 4.78 is 6.38. The van der Waals surface area contributed by atoms with Gasteiger partial charge in [0, 0.05) is 32.3 Å². The van der Waals surface area contributed by atoms with Crippen molar-refractivity contribution in [2.24, 2.45) is 0 Å². The molecule has 26 heavy (non-hydrogen) atoms. The van der Waals surface area contributed by atoms with Crippen LogP contribution < -0.4 is 5.32 Å². The molecular formula is C18H19ClN4O2S. The predicted octanol–water partition coefficient (Wildman–Crippen LogP) is 3.67. The zero-order valence-electron chi connectivity index (χ0n) is 14.5. The third kappa shape index (κ3) is 3.23. The summed E-state index contributed by atoms with van der Waals surface area (Å²) in [6, 6.07) is 7.20. The van der Waals surface area contributed by atoms with Gasteiger partial charge in [-0.15, -0.1) is 11.3 Å².